The first-order valence-corrected chi connectivity index (χ1v) is 9.27. The average Bonchev–Trinajstić information content (AvgIpc) is 2.60. The molecule has 1 atom stereocenters. The summed E-state index contributed by atoms with van der Waals surface area (Å²) in [6.45, 7) is 5.94. The molecule has 28 heavy (non-hydrogen) atoms. The zero-order valence-corrected chi connectivity index (χ0v) is 17.5. The van der Waals surface area contributed by atoms with Crippen LogP contribution < -0.4 is 20.3 Å². The van der Waals surface area contributed by atoms with Gasteiger partial charge in [-0.05, 0) is 39.0 Å². The maximum Gasteiger partial charge on any atom is 0.253 e. The maximum absolute atomic E-state index is 12.3. The van der Waals surface area contributed by atoms with Crippen molar-refractivity contribution in [2.45, 2.75) is 38.8 Å². The summed E-state index contributed by atoms with van der Waals surface area (Å²) in [4.78, 5) is 39.8. The number of carbonyl (C=O) groups is 3. The first-order chi connectivity index (χ1) is 13.0. The molecule has 0 radical (unpaired) electrons. The van der Waals surface area contributed by atoms with E-state index in [0.717, 1.165) is 5.69 Å². The van der Waals surface area contributed by atoms with Crippen molar-refractivity contribution < 1.29 is 19.1 Å². The molecule has 1 aliphatic heterocycles. The van der Waals surface area contributed by atoms with Crippen molar-refractivity contribution in [3.63, 3.8) is 0 Å². The lowest BCUT2D eigenvalue weighted by molar-refractivity contribution is -0.127. The molecule has 1 unspecified atom stereocenters. The van der Waals surface area contributed by atoms with Crippen LogP contribution in [0.25, 0.3) is 0 Å². The van der Waals surface area contributed by atoms with Gasteiger partial charge in [0.1, 0.15) is 12.4 Å². The highest BCUT2D eigenvalue weighted by Crippen LogP contribution is 2.34. The molecule has 3 amide bonds. The third-order valence-electron chi connectivity index (χ3n) is 4.35. The highest BCUT2D eigenvalue weighted by molar-refractivity contribution is 5.95. The molecule has 0 saturated heterocycles. The summed E-state index contributed by atoms with van der Waals surface area (Å²) in [6.07, 6.45) is 0.185. The van der Waals surface area contributed by atoms with Gasteiger partial charge in [-0.1, -0.05) is 0 Å². The maximum atomic E-state index is 12.3. The van der Waals surface area contributed by atoms with E-state index in [1.54, 1.807) is 32.3 Å². The fraction of sp³-hybridized carbons (Fsp3) is 0.550. The van der Waals surface area contributed by atoms with Gasteiger partial charge in [-0.15, -0.1) is 0 Å². The van der Waals surface area contributed by atoms with Crippen LogP contribution in [0.4, 0.5) is 5.69 Å². The molecule has 154 valence electrons. The molecule has 0 spiro atoms. The quantitative estimate of drug-likeness (QED) is 0.783. The number of amides is 3. The Kier molecular flexibility index (Phi) is 6.53. The SMILES string of the molecule is CN(C)C(=O)c1ccc2c(c1)N(C)C(CC(=O)NCC(=O)NC(C)(C)C)CO2. The van der Waals surface area contributed by atoms with Crippen molar-refractivity contribution in [3.8, 4) is 5.75 Å². The Morgan fingerprint density at radius 3 is 2.50 bits per heavy atom. The van der Waals surface area contributed by atoms with Gasteiger partial charge in [0.05, 0.1) is 24.7 Å². The van der Waals surface area contributed by atoms with Gasteiger partial charge in [-0.25, -0.2) is 0 Å². The summed E-state index contributed by atoms with van der Waals surface area (Å²) in [7, 11) is 5.27. The lowest BCUT2D eigenvalue weighted by Crippen LogP contribution is -2.48. The Balaban J connectivity index is 1.98. The predicted molar refractivity (Wildman–Crippen MR) is 108 cm³/mol. The topological polar surface area (TPSA) is 91.0 Å². The van der Waals surface area contributed by atoms with Gasteiger partial charge in [0.15, 0.2) is 0 Å². The summed E-state index contributed by atoms with van der Waals surface area (Å²) in [5, 5.41) is 5.45. The highest BCUT2D eigenvalue weighted by atomic mass is 16.5. The van der Waals surface area contributed by atoms with Crippen LogP contribution in [0, 0.1) is 0 Å². The van der Waals surface area contributed by atoms with E-state index in [-0.39, 0.29) is 42.3 Å². The number of likely N-dealkylation sites (N-methyl/N-ethyl adjacent to an activating group) is 1. The Morgan fingerprint density at radius 1 is 1.21 bits per heavy atom. The molecule has 2 rings (SSSR count). The molecular formula is C20H30N4O4. The van der Waals surface area contributed by atoms with E-state index in [4.69, 9.17) is 4.74 Å². The molecule has 2 N–H and O–H groups in total. The van der Waals surface area contributed by atoms with E-state index < -0.39 is 0 Å². The third kappa shape index (κ3) is 5.61. The molecule has 0 aromatic heterocycles. The largest absolute Gasteiger partial charge is 0.489 e. The van der Waals surface area contributed by atoms with Gasteiger partial charge in [0, 0.05) is 32.2 Å². The van der Waals surface area contributed by atoms with Gasteiger partial charge >= 0.3 is 0 Å². The van der Waals surface area contributed by atoms with Crippen LogP contribution in [-0.4, -0.2) is 68.5 Å². The van der Waals surface area contributed by atoms with Gasteiger partial charge in [0.2, 0.25) is 11.8 Å². The van der Waals surface area contributed by atoms with Gasteiger partial charge in [-0.3, -0.25) is 14.4 Å². The summed E-state index contributed by atoms with van der Waals surface area (Å²) in [5.74, 6) is 0.125. The van der Waals surface area contributed by atoms with E-state index in [0.29, 0.717) is 17.9 Å². The van der Waals surface area contributed by atoms with E-state index in [1.165, 1.54) is 4.90 Å². The standard InChI is InChI=1S/C20H30N4O4/c1-20(2,3)22-18(26)11-21-17(25)10-14-12-28-16-8-7-13(19(27)23(4)5)9-15(16)24(14)6/h7-9,14H,10-12H2,1-6H3,(H,21,25)(H,22,26). The van der Waals surface area contributed by atoms with Crippen molar-refractivity contribution in [2.24, 2.45) is 0 Å². The number of nitrogens with one attached hydrogen (secondary N) is 2. The van der Waals surface area contributed by atoms with E-state index in [9.17, 15) is 14.4 Å². The first kappa shape index (κ1) is 21.5. The fourth-order valence-electron chi connectivity index (χ4n) is 2.92. The van der Waals surface area contributed by atoms with Crippen molar-refractivity contribution in [2.75, 3.05) is 39.2 Å². The Morgan fingerprint density at radius 2 is 1.89 bits per heavy atom. The van der Waals surface area contributed by atoms with Crippen LogP contribution in [0.5, 0.6) is 5.75 Å². The summed E-state index contributed by atoms with van der Waals surface area (Å²) < 4.78 is 5.77. The lowest BCUT2D eigenvalue weighted by Gasteiger charge is -2.35. The molecule has 1 aromatic carbocycles. The minimum atomic E-state index is -0.343. The van der Waals surface area contributed by atoms with E-state index in [1.807, 2.05) is 32.7 Å². The molecule has 0 bridgehead atoms. The minimum Gasteiger partial charge on any atom is -0.489 e. The highest BCUT2D eigenvalue weighted by Gasteiger charge is 2.28. The Labute approximate surface area is 166 Å². The lowest BCUT2D eigenvalue weighted by atomic mass is 10.1. The molecule has 1 aromatic rings. The monoisotopic (exact) mass is 390 g/mol. The van der Waals surface area contributed by atoms with Crippen LogP contribution in [0.3, 0.4) is 0 Å². The number of ether oxygens (including phenoxy) is 1. The van der Waals surface area contributed by atoms with Gasteiger partial charge in [0.25, 0.3) is 5.91 Å². The Hall–Kier alpha value is -2.77. The van der Waals surface area contributed by atoms with Crippen molar-refractivity contribution in [1.29, 1.82) is 0 Å². The molecule has 0 fully saturated rings. The Bertz CT molecular complexity index is 755. The van der Waals surface area contributed by atoms with Crippen LogP contribution in [0.2, 0.25) is 0 Å². The summed E-state index contributed by atoms with van der Waals surface area (Å²) in [6, 6.07) is 5.09. The normalized spacial score (nSPS) is 15.9. The second-order valence-electron chi connectivity index (χ2n) is 8.24. The molecule has 0 aliphatic carbocycles. The second kappa shape index (κ2) is 8.50. The van der Waals surface area contributed by atoms with E-state index in [2.05, 4.69) is 10.6 Å². The fourth-order valence-corrected chi connectivity index (χ4v) is 2.92. The molecule has 8 heteroatoms. The van der Waals surface area contributed by atoms with Crippen LogP contribution in [0.1, 0.15) is 37.6 Å². The zero-order valence-electron chi connectivity index (χ0n) is 17.5. The number of nitrogens with zero attached hydrogens (tertiary/aromatic N) is 2. The zero-order chi connectivity index (χ0) is 21.1. The molecule has 1 heterocycles. The van der Waals surface area contributed by atoms with Crippen molar-refractivity contribution in [1.82, 2.24) is 15.5 Å². The van der Waals surface area contributed by atoms with Crippen LogP contribution >= 0.6 is 0 Å². The second-order valence-corrected chi connectivity index (χ2v) is 8.24. The van der Waals surface area contributed by atoms with Crippen molar-refractivity contribution in [3.05, 3.63) is 23.8 Å². The number of fused-ring (bicyclic) bond motifs is 1. The number of rotatable bonds is 5. The molecule has 1 aliphatic rings. The van der Waals surface area contributed by atoms with Crippen LogP contribution in [0.15, 0.2) is 18.2 Å². The molecule has 8 nitrogen and oxygen atoms in total. The number of benzene rings is 1. The number of hydrogen-bond acceptors (Lipinski definition) is 5. The average molecular weight is 390 g/mol. The number of carbonyl (C=O) groups excluding carboxylic acids is 3. The van der Waals surface area contributed by atoms with Crippen LogP contribution in [-0.2, 0) is 9.59 Å². The van der Waals surface area contributed by atoms with Crippen molar-refractivity contribution >= 4 is 23.4 Å². The van der Waals surface area contributed by atoms with Gasteiger partial charge < -0.3 is 25.2 Å². The van der Waals surface area contributed by atoms with E-state index >= 15 is 0 Å². The molecule has 0 saturated carbocycles. The third-order valence-corrected chi connectivity index (χ3v) is 4.35. The predicted octanol–water partition coefficient (Wildman–Crippen LogP) is 1.01. The minimum absolute atomic E-state index is 0.0640. The summed E-state index contributed by atoms with van der Waals surface area (Å²) >= 11 is 0. The molecular weight excluding hydrogens is 360 g/mol. The smallest absolute Gasteiger partial charge is 0.253 e. The number of anilines is 1. The number of hydrogen-bond donors (Lipinski definition) is 2. The first-order valence-electron chi connectivity index (χ1n) is 9.27. The summed E-state index contributed by atoms with van der Waals surface area (Å²) in [5.41, 5.74) is 0.982. The van der Waals surface area contributed by atoms with Gasteiger partial charge in [-0.2, -0.15) is 0 Å².